The molecule has 3 N–H and O–H groups in total. The largest absolute Gasteiger partial charge is 0.354 e. The van der Waals surface area contributed by atoms with E-state index in [1.54, 1.807) is 19.0 Å². The smallest absolute Gasteiger partial charge is 0.220 e. The van der Waals surface area contributed by atoms with Crippen LogP contribution in [0.4, 0.5) is 8.78 Å². The van der Waals surface area contributed by atoms with E-state index in [-0.39, 0.29) is 18.0 Å². The first kappa shape index (κ1) is 19.5. The predicted molar refractivity (Wildman–Crippen MR) is 87.9 cm³/mol. The highest BCUT2D eigenvalue weighted by atomic mass is 19.1. The van der Waals surface area contributed by atoms with Crippen LogP contribution in [0.1, 0.15) is 43.7 Å². The van der Waals surface area contributed by atoms with E-state index in [0.29, 0.717) is 13.0 Å². The number of hydrogen-bond acceptors (Lipinski definition) is 3. The van der Waals surface area contributed by atoms with Gasteiger partial charge in [-0.05, 0) is 45.6 Å². The third kappa shape index (κ3) is 6.62. The van der Waals surface area contributed by atoms with Crippen molar-refractivity contribution in [3.8, 4) is 0 Å². The lowest BCUT2D eigenvalue weighted by atomic mass is 10.0. The second kappa shape index (κ2) is 10.3. The first-order valence-electron chi connectivity index (χ1n) is 8.04. The molecule has 0 spiro atoms. The molecule has 1 atom stereocenters. The van der Waals surface area contributed by atoms with E-state index in [2.05, 4.69) is 5.32 Å². The summed E-state index contributed by atoms with van der Waals surface area (Å²) in [6.45, 7) is 0.845. The summed E-state index contributed by atoms with van der Waals surface area (Å²) in [5.74, 6) is -1.29. The number of likely N-dealkylation sites (N-methyl/N-ethyl adjacent to an activating group) is 1. The molecule has 0 aliphatic heterocycles. The summed E-state index contributed by atoms with van der Waals surface area (Å²) in [7, 11) is 3.46. The summed E-state index contributed by atoms with van der Waals surface area (Å²) in [4.78, 5) is 13.6. The molecule has 1 unspecified atom stereocenters. The summed E-state index contributed by atoms with van der Waals surface area (Å²) in [6, 6.07) is 3.25. The highest BCUT2D eigenvalue weighted by Crippen LogP contribution is 2.23. The van der Waals surface area contributed by atoms with Crippen LogP contribution < -0.4 is 11.1 Å². The van der Waals surface area contributed by atoms with E-state index >= 15 is 0 Å². The normalized spacial score (nSPS) is 12.4. The molecule has 0 saturated carbocycles. The van der Waals surface area contributed by atoms with Gasteiger partial charge in [0.05, 0.1) is 6.04 Å². The number of carbonyl (C=O) groups excluding carboxylic acids is 1. The van der Waals surface area contributed by atoms with Crippen molar-refractivity contribution in [2.75, 3.05) is 27.2 Å². The van der Waals surface area contributed by atoms with Crippen molar-refractivity contribution < 1.29 is 13.6 Å². The van der Waals surface area contributed by atoms with Crippen LogP contribution in [0, 0.1) is 11.6 Å². The second-order valence-electron chi connectivity index (χ2n) is 5.87. The minimum atomic E-state index is -0.597. The Morgan fingerprint density at radius 1 is 1.17 bits per heavy atom. The molecule has 0 bridgehead atoms. The van der Waals surface area contributed by atoms with Gasteiger partial charge in [0.15, 0.2) is 0 Å². The molecule has 23 heavy (non-hydrogen) atoms. The van der Waals surface area contributed by atoms with Gasteiger partial charge in [-0.2, -0.15) is 0 Å². The van der Waals surface area contributed by atoms with E-state index in [1.165, 1.54) is 18.2 Å². The van der Waals surface area contributed by atoms with Gasteiger partial charge in [-0.25, -0.2) is 8.78 Å². The lowest BCUT2D eigenvalue weighted by molar-refractivity contribution is -0.121. The number of carbonyl (C=O) groups is 1. The van der Waals surface area contributed by atoms with Crippen LogP contribution in [0.15, 0.2) is 18.2 Å². The number of nitrogens with one attached hydrogen (secondary N) is 1. The van der Waals surface area contributed by atoms with Gasteiger partial charge in [-0.15, -0.1) is 0 Å². The summed E-state index contributed by atoms with van der Waals surface area (Å²) in [5, 5.41) is 2.77. The Hall–Kier alpha value is -1.53. The Morgan fingerprint density at radius 2 is 1.78 bits per heavy atom. The van der Waals surface area contributed by atoms with Crippen molar-refractivity contribution in [1.29, 1.82) is 0 Å². The average Bonchev–Trinajstić information content (AvgIpc) is 2.49. The van der Waals surface area contributed by atoms with Crippen molar-refractivity contribution in [1.82, 2.24) is 10.2 Å². The zero-order chi connectivity index (χ0) is 17.2. The maximum Gasteiger partial charge on any atom is 0.220 e. The minimum Gasteiger partial charge on any atom is -0.354 e. The van der Waals surface area contributed by atoms with Crippen LogP contribution in [0.3, 0.4) is 0 Å². The van der Waals surface area contributed by atoms with Crippen LogP contribution in [-0.2, 0) is 4.79 Å². The molecule has 1 amide bonds. The summed E-state index contributed by atoms with van der Waals surface area (Å²) in [6.07, 6.45) is 4.17. The fraction of sp³-hybridized carbons (Fsp3) is 0.588. The molecule has 6 heteroatoms. The van der Waals surface area contributed by atoms with Gasteiger partial charge in [-0.1, -0.05) is 18.9 Å². The van der Waals surface area contributed by atoms with Crippen LogP contribution in [0.2, 0.25) is 0 Å². The Bertz CT molecular complexity index is 474. The van der Waals surface area contributed by atoms with Gasteiger partial charge in [0.25, 0.3) is 0 Å². The van der Waals surface area contributed by atoms with E-state index in [4.69, 9.17) is 5.73 Å². The van der Waals surface area contributed by atoms with Crippen molar-refractivity contribution in [3.05, 3.63) is 35.4 Å². The highest BCUT2D eigenvalue weighted by Gasteiger charge is 2.22. The number of amides is 1. The molecule has 0 heterocycles. The topological polar surface area (TPSA) is 58.4 Å². The highest BCUT2D eigenvalue weighted by molar-refractivity contribution is 5.75. The zero-order valence-corrected chi connectivity index (χ0v) is 13.9. The van der Waals surface area contributed by atoms with Crippen molar-refractivity contribution >= 4 is 5.91 Å². The number of nitrogens with two attached hydrogens (primary N) is 1. The average molecular weight is 327 g/mol. The maximum atomic E-state index is 13.9. The number of halogens is 2. The Kier molecular flexibility index (Phi) is 8.73. The van der Waals surface area contributed by atoms with Crippen LogP contribution in [0.5, 0.6) is 0 Å². The Labute approximate surface area is 137 Å². The van der Waals surface area contributed by atoms with Crippen LogP contribution in [-0.4, -0.2) is 38.0 Å². The number of rotatable bonds is 10. The second-order valence-corrected chi connectivity index (χ2v) is 5.87. The molecule has 130 valence electrons. The molecular weight excluding hydrogens is 300 g/mol. The molecule has 0 fully saturated rings. The summed E-state index contributed by atoms with van der Waals surface area (Å²) in [5.41, 5.74) is 5.40. The zero-order valence-electron chi connectivity index (χ0n) is 13.9. The molecule has 0 aromatic heterocycles. The van der Waals surface area contributed by atoms with Crippen molar-refractivity contribution in [2.24, 2.45) is 5.73 Å². The maximum absolute atomic E-state index is 13.9. The van der Waals surface area contributed by atoms with Gasteiger partial charge in [0.2, 0.25) is 5.91 Å². The van der Waals surface area contributed by atoms with Gasteiger partial charge in [-0.3, -0.25) is 4.79 Å². The molecule has 0 radical (unpaired) electrons. The SMILES string of the molecule is CN(C)C(CNC(=O)CCCCCCN)c1c(F)cccc1F. The van der Waals surface area contributed by atoms with Gasteiger partial charge < -0.3 is 16.0 Å². The fourth-order valence-electron chi connectivity index (χ4n) is 2.45. The van der Waals surface area contributed by atoms with Gasteiger partial charge in [0, 0.05) is 18.5 Å². The van der Waals surface area contributed by atoms with E-state index in [0.717, 1.165) is 25.7 Å². The van der Waals surface area contributed by atoms with Crippen LogP contribution in [0.25, 0.3) is 0 Å². The lowest BCUT2D eigenvalue weighted by Crippen LogP contribution is -2.35. The summed E-state index contributed by atoms with van der Waals surface area (Å²) < 4.78 is 27.8. The molecule has 4 nitrogen and oxygen atoms in total. The Balaban J connectivity index is 2.53. The number of benzene rings is 1. The Morgan fingerprint density at radius 3 is 2.35 bits per heavy atom. The number of hydrogen-bond donors (Lipinski definition) is 2. The standard InChI is InChI=1S/C17H27F2N3O/c1-22(2)15(17-13(18)8-7-9-14(17)19)12-21-16(23)10-5-3-4-6-11-20/h7-9,15H,3-6,10-12,20H2,1-2H3,(H,21,23). The third-order valence-corrected chi connectivity index (χ3v) is 3.81. The third-order valence-electron chi connectivity index (χ3n) is 3.81. The first-order valence-corrected chi connectivity index (χ1v) is 8.04. The van der Waals surface area contributed by atoms with Gasteiger partial charge in [0.1, 0.15) is 11.6 Å². The fourth-order valence-corrected chi connectivity index (χ4v) is 2.45. The summed E-state index contributed by atoms with van der Waals surface area (Å²) >= 11 is 0. The molecular formula is C17H27F2N3O. The van der Waals surface area contributed by atoms with Crippen LogP contribution >= 0.6 is 0 Å². The number of unbranched alkanes of at least 4 members (excludes halogenated alkanes) is 3. The lowest BCUT2D eigenvalue weighted by Gasteiger charge is -2.25. The number of nitrogens with zero attached hydrogens (tertiary/aromatic N) is 1. The minimum absolute atomic E-state index is 0.0132. The van der Waals surface area contributed by atoms with Gasteiger partial charge >= 0.3 is 0 Å². The predicted octanol–water partition coefficient (Wildman–Crippen LogP) is 2.59. The molecule has 1 aromatic rings. The van der Waals surface area contributed by atoms with E-state index in [1.807, 2.05) is 0 Å². The van der Waals surface area contributed by atoms with E-state index < -0.39 is 17.7 Å². The van der Waals surface area contributed by atoms with E-state index in [9.17, 15) is 13.6 Å². The molecule has 0 aliphatic rings. The quantitative estimate of drug-likeness (QED) is 0.650. The molecule has 0 aliphatic carbocycles. The van der Waals surface area contributed by atoms with Crippen molar-refractivity contribution in [3.63, 3.8) is 0 Å². The first-order chi connectivity index (χ1) is 11.0. The molecule has 0 saturated heterocycles. The molecule has 1 rings (SSSR count). The monoisotopic (exact) mass is 327 g/mol. The van der Waals surface area contributed by atoms with Crippen molar-refractivity contribution in [2.45, 2.75) is 38.1 Å². The molecule has 1 aromatic carbocycles.